The number of ether oxygens (including phenoxy) is 1. The Morgan fingerprint density at radius 2 is 0.671 bits per heavy atom. The average Bonchev–Trinajstić information content (AvgIpc) is 4.17. The molecule has 2 aromatic heterocycles. The predicted molar refractivity (Wildman–Crippen MR) is 277 cm³/mol. The van der Waals surface area contributed by atoms with E-state index >= 15 is 0 Å². The van der Waals surface area contributed by atoms with Crippen LogP contribution in [0.15, 0.2) is 231 Å². The van der Waals surface area contributed by atoms with Gasteiger partial charge in [0, 0.05) is 34.6 Å². The smallest absolute Gasteiger partial charge is 0.132 e. The number of nitrogens with zero attached hydrogens (tertiary/aromatic N) is 2. The summed E-state index contributed by atoms with van der Waals surface area (Å²) in [6.45, 7) is 0. The lowest BCUT2D eigenvalue weighted by Gasteiger charge is -2.40. The summed E-state index contributed by atoms with van der Waals surface area (Å²) in [5, 5.41) is 0. The summed E-state index contributed by atoms with van der Waals surface area (Å²) in [5.41, 5.74) is 27.4. The fraction of sp³-hybridized carbons (Fsp3) is 0.0448. The molecule has 5 aliphatic carbocycles. The van der Waals surface area contributed by atoms with Crippen LogP contribution in [0.25, 0.3) is 67.0 Å². The Kier molecular flexibility index (Phi) is 6.78. The van der Waals surface area contributed by atoms with Crippen LogP contribution in [-0.2, 0) is 16.2 Å². The Morgan fingerprint density at radius 3 is 1.23 bits per heavy atom. The molecule has 0 saturated heterocycles. The number of pyridine rings is 2. The summed E-state index contributed by atoms with van der Waals surface area (Å²) in [4.78, 5) is 10.7. The lowest BCUT2D eigenvalue weighted by atomic mass is 9.65. The first-order valence-corrected chi connectivity index (χ1v) is 24.4. The Labute approximate surface area is 405 Å². The van der Waals surface area contributed by atoms with Gasteiger partial charge in [-0.1, -0.05) is 182 Å². The number of fused-ring (bicyclic) bond motifs is 29. The van der Waals surface area contributed by atoms with Gasteiger partial charge in [0.1, 0.15) is 11.5 Å². The molecule has 9 aromatic carbocycles. The summed E-state index contributed by atoms with van der Waals surface area (Å²) in [7, 11) is 0. The second kappa shape index (κ2) is 12.8. The zero-order valence-corrected chi connectivity index (χ0v) is 37.7. The molecule has 3 nitrogen and oxygen atoms in total. The van der Waals surface area contributed by atoms with Gasteiger partial charge in [0.15, 0.2) is 0 Å². The first kappa shape index (κ1) is 37.1. The third-order valence-corrected chi connectivity index (χ3v) is 17.1. The van der Waals surface area contributed by atoms with Crippen LogP contribution >= 0.6 is 0 Å². The fourth-order valence-corrected chi connectivity index (χ4v) is 14.6. The van der Waals surface area contributed by atoms with Crippen molar-refractivity contribution in [2.45, 2.75) is 16.2 Å². The Bertz CT molecular complexity index is 4090. The lowest BCUT2D eigenvalue weighted by molar-refractivity contribution is 0.435. The molecule has 1 unspecified atom stereocenters. The van der Waals surface area contributed by atoms with Crippen molar-refractivity contribution < 1.29 is 4.74 Å². The van der Waals surface area contributed by atoms with Crippen LogP contribution in [0.1, 0.15) is 66.8 Å². The van der Waals surface area contributed by atoms with Gasteiger partial charge in [0.25, 0.3) is 0 Å². The van der Waals surface area contributed by atoms with Crippen molar-refractivity contribution in [3.8, 4) is 78.5 Å². The molecule has 3 heterocycles. The van der Waals surface area contributed by atoms with E-state index in [4.69, 9.17) is 14.7 Å². The minimum atomic E-state index is -0.783. The highest BCUT2D eigenvalue weighted by Gasteiger charge is 2.57. The van der Waals surface area contributed by atoms with Crippen LogP contribution in [-0.4, -0.2) is 9.97 Å². The zero-order valence-electron chi connectivity index (χ0n) is 37.7. The summed E-state index contributed by atoms with van der Waals surface area (Å²) < 4.78 is 7.26. The summed E-state index contributed by atoms with van der Waals surface area (Å²) in [6.07, 6.45) is 3.99. The van der Waals surface area contributed by atoms with E-state index in [-0.39, 0.29) is 0 Å². The summed E-state index contributed by atoms with van der Waals surface area (Å²) in [6, 6.07) is 81.6. The van der Waals surface area contributed by atoms with Crippen molar-refractivity contribution in [1.29, 1.82) is 0 Å². The van der Waals surface area contributed by atoms with Crippen molar-refractivity contribution >= 4 is 0 Å². The third kappa shape index (κ3) is 4.08. The number of rotatable bonds is 1. The molecule has 0 fully saturated rings. The minimum Gasteiger partial charge on any atom is -0.457 e. The molecule has 70 heavy (non-hydrogen) atoms. The Morgan fingerprint density at radius 1 is 0.257 bits per heavy atom. The number of benzene rings is 9. The van der Waals surface area contributed by atoms with Gasteiger partial charge in [0.2, 0.25) is 0 Å². The zero-order chi connectivity index (χ0) is 45.5. The second-order valence-corrected chi connectivity index (χ2v) is 19.8. The maximum Gasteiger partial charge on any atom is 0.132 e. The van der Waals surface area contributed by atoms with Crippen LogP contribution in [0.2, 0.25) is 0 Å². The third-order valence-electron chi connectivity index (χ3n) is 17.1. The topological polar surface area (TPSA) is 35.0 Å². The predicted octanol–water partition coefficient (Wildman–Crippen LogP) is 15.3. The van der Waals surface area contributed by atoms with Crippen molar-refractivity contribution in [2.24, 2.45) is 0 Å². The van der Waals surface area contributed by atoms with Gasteiger partial charge in [-0.3, -0.25) is 9.97 Å². The van der Waals surface area contributed by atoms with Gasteiger partial charge in [0.05, 0.1) is 27.6 Å². The van der Waals surface area contributed by atoms with E-state index in [1.807, 2.05) is 6.20 Å². The number of hydrogen-bond acceptors (Lipinski definition) is 3. The molecule has 11 aromatic rings. The second-order valence-electron chi connectivity index (χ2n) is 19.8. The van der Waals surface area contributed by atoms with Crippen molar-refractivity contribution in [1.82, 2.24) is 9.97 Å². The van der Waals surface area contributed by atoms with Gasteiger partial charge >= 0.3 is 0 Å². The standard InChI is InChI=1S/C67H38N2O/c1-7-22-49-41(16-1)42-17-2-8-23-50(42)65(49)53-26-11-5-20-45(53)47-32-31-39(34-57(47)65)40-35-60-64(69-38-40)63-56(29-15-33-68-63)67(60)55-28-13-14-30-61(55)70-62-37-58-48(36-59(62)67)46-21-6-12-27-54(46)66(58)51-24-9-3-18-43(51)44-19-4-10-25-52(44)66/h1-38H. The van der Waals surface area contributed by atoms with E-state index in [2.05, 4.69) is 225 Å². The molecule has 0 bridgehead atoms. The fourth-order valence-electron chi connectivity index (χ4n) is 14.6. The normalized spacial score (nSPS) is 17.0. The Hall–Kier alpha value is -8.92. The first-order valence-electron chi connectivity index (χ1n) is 24.4. The van der Waals surface area contributed by atoms with Crippen LogP contribution in [0.3, 0.4) is 0 Å². The maximum absolute atomic E-state index is 7.26. The maximum atomic E-state index is 7.26. The highest BCUT2D eigenvalue weighted by molar-refractivity contribution is 5.99. The van der Waals surface area contributed by atoms with Crippen LogP contribution < -0.4 is 4.74 Å². The molecule has 17 rings (SSSR count). The SMILES string of the molecule is c1ccc2c(c1)Oc1cc3c(cc1C21c2cccnc2-c2ncc(-c4ccc5c(c4)C4(c6ccccc6-c6ccccc64)c4ccccc4-5)cc21)-c1ccccc1C31c2ccccc2-c2ccccc21. The number of aromatic nitrogens is 2. The summed E-state index contributed by atoms with van der Waals surface area (Å²) in [5.74, 6) is 1.70. The summed E-state index contributed by atoms with van der Waals surface area (Å²) >= 11 is 0. The monoisotopic (exact) mass is 886 g/mol. The van der Waals surface area contributed by atoms with E-state index in [1.54, 1.807) is 0 Å². The molecule has 0 radical (unpaired) electrons. The largest absolute Gasteiger partial charge is 0.457 e. The lowest BCUT2D eigenvalue weighted by Crippen LogP contribution is -2.33. The Balaban J connectivity index is 0.931. The van der Waals surface area contributed by atoms with Gasteiger partial charge in [-0.15, -0.1) is 0 Å². The molecule has 1 aliphatic heterocycles. The minimum absolute atomic E-state index is 0.451. The van der Waals surface area contributed by atoms with Gasteiger partial charge in [-0.05, 0) is 137 Å². The van der Waals surface area contributed by atoms with E-state index < -0.39 is 16.2 Å². The number of hydrogen-bond donors (Lipinski definition) is 0. The van der Waals surface area contributed by atoms with E-state index in [1.165, 1.54) is 89.0 Å². The molecule has 0 saturated carbocycles. The van der Waals surface area contributed by atoms with Crippen LogP contribution in [0, 0.1) is 0 Å². The molecular weight excluding hydrogens is 849 g/mol. The molecular formula is C67H38N2O. The van der Waals surface area contributed by atoms with Crippen molar-refractivity contribution in [3.63, 3.8) is 0 Å². The molecule has 3 heteroatoms. The molecule has 322 valence electrons. The van der Waals surface area contributed by atoms with Crippen molar-refractivity contribution in [3.05, 3.63) is 298 Å². The quantitative estimate of drug-likeness (QED) is 0.165. The van der Waals surface area contributed by atoms with Gasteiger partial charge in [-0.2, -0.15) is 0 Å². The highest BCUT2D eigenvalue weighted by atomic mass is 16.5. The first-order chi connectivity index (χ1) is 34.7. The molecule has 0 N–H and O–H groups in total. The van der Waals surface area contributed by atoms with E-state index in [9.17, 15) is 0 Å². The molecule has 1 atom stereocenters. The van der Waals surface area contributed by atoms with Crippen molar-refractivity contribution in [2.75, 3.05) is 0 Å². The van der Waals surface area contributed by atoms with E-state index in [0.29, 0.717) is 0 Å². The van der Waals surface area contributed by atoms with Gasteiger partial charge < -0.3 is 4.74 Å². The molecule has 0 amide bonds. The van der Waals surface area contributed by atoms with E-state index in [0.717, 1.165) is 56.3 Å². The molecule has 6 aliphatic rings. The number of para-hydroxylation sites is 1. The average molecular weight is 887 g/mol. The van der Waals surface area contributed by atoms with Gasteiger partial charge in [-0.25, -0.2) is 0 Å². The highest BCUT2D eigenvalue weighted by Crippen LogP contribution is 2.68. The van der Waals surface area contributed by atoms with Crippen LogP contribution in [0.4, 0.5) is 0 Å². The van der Waals surface area contributed by atoms with Crippen LogP contribution in [0.5, 0.6) is 11.5 Å². The molecule has 3 spiro atoms.